The molecule has 0 fully saturated rings. The van der Waals surface area contributed by atoms with Crippen LogP contribution in [0.5, 0.6) is 5.75 Å². The summed E-state index contributed by atoms with van der Waals surface area (Å²) in [4.78, 5) is 10.7. The molecule has 1 aliphatic rings. The summed E-state index contributed by atoms with van der Waals surface area (Å²) in [6.45, 7) is 0.283. The van der Waals surface area contributed by atoms with Crippen molar-refractivity contribution >= 4 is 15.8 Å². The second-order valence-corrected chi connectivity index (χ2v) is 6.72. The summed E-state index contributed by atoms with van der Waals surface area (Å²) in [5.41, 5.74) is 0.839. The molecular formula is C14H12O6S. The van der Waals surface area contributed by atoms with Gasteiger partial charge in [0, 0.05) is 11.5 Å². The summed E-state index contributed by atoms with van der Waals surface area (Å²) in [6.07, 6.45) is 0. The highest BCUT2D eigenvalue weighted by atomic mass is 32.2. The first-order valence-electron chi connectivity index (χ1n) is 6.25. The first kappa shape index (κ1) is 13.7. The van der Waals surface area contributed by atoms with Crippen molar-refractivity contribution in [1.82, 2.24) is 0 Å². The number of hydrogen-bond acceptors (Lipinski definition) is 5. The number of carboxylic acids is 1. The maximum Gasteiger partial charge on any atom is 0.371 e. The molecule has 7 heteroatoms. The van der Waals surface area contributed by atoms with E-state index < -0.39 is 21.6 Å². The molecule has 1 unspecified atom stereocenters. The number of fused-ring (bicyclic) bond motifs is 1. The number of furan rings is 1. The van der Waals surface area contributed by atoms with Crippen molar-refractivity contribution in [2.45, 2.75) is 11.0 Å². The fraction of sp³-hybridized carbons (Fsp3) is 0.214. The summed E-state index contributed by atoms with van der Waals surface area (Å²) in [5, 5.41) is 8.44. The smallest absolute Gasteiger partial charge is 0.371 e. The van der Waals surface area contributed by atoms with Crippen LogP contribution in [0.4, 0.5) is 0 Å². The largest absolute Gasteiger partial charge is 0.493 e. The van der Waals surface area contributed by atoms with E-state index in [1.165, 1.54) is 6.07 Å². The zero-order chi connectivity index (χ0) is 15.0. The molecule has 1 aromatic carbocycles. The third-order valence-electron chi connectivity index (χ3n) is 3.32. The summed E-state index contributed by atoms with van der Waals surface area (Å²) < 4.78 is 34.9. The Balaban J connectivity index is 1.85. The molecule has 1 atom stereocenters. The highest BCUT2D eigenvalue weighted by Crippen LogP contribution is 2.35. The summed E-state index contributed by atoms with van der Waals surface area (Å²) >= 11 is 0. The molecule has 1 aromatic heterocycles. The van der Waals surface area contributed by atoms with Crippen molar-refractivity contribution in [2.75, 3.05) is 12.4 Å². The molecule has 0 radical (unpaired) electrons. The molecular weight excluding hydrogens is 296 g/mol. The standard InChI is InChI=1S/C14H12O6S/c15-14(16)12-5-6-13(20-12)21(17,18)8-9-7-19-11-4-2-1-3-10(9)11/h1-6,9H,7-8H2,(H,15,16). The van der Waals surface area contributed by atoms with Gasteiger partial charge in [0.1, 0.15) is 5.75 Å². The molecule has 2 heterocycles. The average molecular weight is 308 g/mol. The Hall–Kier alpha value is -2.28. The number of rotatable bonds is 4. The van der Waals surface area contributed by atoms with Crippen LogP contribution in [-0.2, 0) is 9.84 Å². The van der Waals surface area contributed by atoms with Crippen LogP contribution in [0.3, 0.4) is 0 Å². The van der Waals surface area contributed by atoms with Crippen LogP contribution in [0.2, 0.25) is 0 Å². The number of sulfone groups is 1. The normalized spacial score (nSPS) is 17.2. The van der Waals surface area contributed by atoms with Gasteiger partial charge in [0.2, 0.25) is 20.7 Å². The Bertz CT molecular complexity index is 789. The average Bonchev–Trinajstić information content (AvgIpc) is 3.06. The van der Waals surface area contributed by atoms with Gasteiger partial charge in [0.25, 0.3) is 0 Å². The van der Waals surface area contributed by atoms with E-state index in [0.717, 1.165) is 11.6 Å². The fourth-order valence-corrected chi connectivity index (χ4v) is 3.78. The first-order valence-corrected chi connectivity index (χ1v) is 7.90. The van der Waals surface area contributed by atoms with Crippen molar-refractivity contribution in [2.24, 2.45) is 0 Å². The molecule has 0 bridgehead atoms. The van der Waals surface area contributed by atoms with Gasteiger partial charge in [-0.3, -0.25) is 0 Å². The van der Waals surface area contributed by atoms with Crippen molar-refractivity contribution in [1.29, 1.82) is 0 Å². The van der Waals surface area contributed by atoms with Gasteiger partial charge in [-0.1, -0.05) is 18.2 Å². The van der Waals surface area contributed by atoms with E-state index in [0.29, 0.717) is 5.75 Å². The van der Waals surface area contributed by atoms with E-state index in [2.05, 4.69) is 0 Å². The zero-order valence-corrected chi connectivity index (χ0v) is 11.7. The Labute approximate surface area is 120 Å². The van der Waals surface area contributed by atoms with Crippen molar-refractivity contribution < 1.29 is 27.5 Å². The lowest BCUT2D eigenvalue weighted by Crippen LogP contribution is -2.15. The second-order valence-electron chi connectivity index (χ2n) is 4.75. The number of benzene rings is 1. The van der Waals surface area contributed by atoms with Crippen LogP contribution in [0.1, 0.15) is 22.0 Å². The monoisotopic (exact) mass is 308 g/mol. The molecule has 0 amide bonds. The third kappa shape index (κ3) is 2.52. The van der Waals surface area contributed by atoms with Crippen LogP contribution in [0.25, 0.3) is 0 Å². The summed E-state index contributed by atoms with van der Waals surface area (Å²) in [6, 6.07) is 9.56. The minimum Gasteiger partial charge on any atom is -0.493 e. The fourth-order valence-electron chi connectivity index (χ4n) is 2.32. The van der Waals surface area contributed by atoms with E-state index in [1.54, 1.807) is 6.07 Å². The van der Waals surface area contributed by atoms with E-state index in [-0.39, 0.29) is 23.4 Å². The minimum absolute atomic E-state index is 0.184. The van der Waals surface area contributed by atoms with Crippen molar-refractivity contribution in [3.63, 3.8) is 0 Å². The van der Waals surface area contributed by atoms with Crippen LogP contribution < -0.4 is 4.74 Å². The molecule has 1 aliphatic heterocycles. The van der Waals surface area contributed by atoms with Gasteiger partial charge in [-0.05, 0) is 18.2 Å². The van der Waals surface area contributed by atoms with Gasteiger partial charge in [-0.25, -0.2) is 13.2 Å². The van der Waals surface area contributed by atoms with Crippen LogP contribution >= 0.6 is 0 Å². The molecule has 110 valence electrons. The third-order valence-corrected chi connectivity index (χ3v) is 4.99. The summed E-state index contributed by atoms with van der Waals surface area (Å²) in [5.74, 6) is -1.48. The van der Waals surface area contributed by atoms with E-state index in [9.17, 15) is 13.2 Å². The number of carboxylic acid groups (broad SMARTS) is 1. The lowest BCUT2D eigenvalue weighted by atomic mass is 10.0. The molecule has 0 saturated heterocycles. The van der Waals surface area contributed by atoms with Crippen LogP contribution in [0.15, 0.2) is 45.9 Å². The predicted molar refractivity (Wildman–Crippen MR) is 72.4 cm³/mol. The lowest BCUT2D eigenvalue weighted by Gasteiger charge is -2.08. The van der Waals surface area contributed by atoms with E-state index in [4.69, 9.17) is 14.3 Å². The second kappa shape index (κ2) is 4.92. The predicted octanol–water partition coefficient (Wildman–Crippen LogP) is 1.93. The maximum atomic E-state index is 12.3. The lowest BCUT2D eigenvalue weighted by molar-refractivity contribution is 0.0656. The molecule has 6 nitrogen and oxygen atoms in total. The van der Waals surface area contributed by atoms with Crippen molar-refractivity contribution in [3.8, 4) is 5.75 Å². The van der Waals surface area contributed by atoms with E-state index in [1.807, 2.05) is 18.2 Å². The van der Waals surface area contributed by atoms with Gasteiger partial charge in [0.05, 0.1) is 12.4 Å². The molecule has 0 spiro atoms. The highest BCUT2D eigenvalue weighted by molar-refractivity contribution is 7.91. The number of aromatic carboxylic acids is 1. The SMILES string of the molecule is O=C(O)c1ccc(S(=O)(=O)CC2COc3ccccc32)o1. The van der Waals surface area contributed by atoms with Gasteiger partial charge in [0.15, 0.2) is 0 Å². The van der Waals surface area contributed by atoms with Crippen molar-refractivity contribution in [3.05, 3.63) is 47.7 Å². The number of ether oxygens (including phenoxy) is 1. The van der Waals surface area contributed by atoms with Gasteiger partial charge >= 0.3 is 5.97 Å². The van der Waals surface area contributed by atoms with Gasteiger partial charge in [-0.2, -0.15) is 0 Å². The zero-order valence-electron chi connectivity index (χ0n) is 10.9. The van der Waals surface area contributed by atoms with Gasteiger partial charge in [-0.15, -0.1) is 0 Å². The topological polar surface area (TPSA) is 93.8 Å². The molecule has 2 aromatic rings. The summed E-state index contributed by atoms with van der Waals surface area (Å²) in [7, 11) is -3.71. The van der Waals surface area contributed by atoms with Gasteiger partial charge < -0.3 is 14.3 Å². The number of carbonyl (C=O) groups is 1. The first-order chi connectivity index (χ1) is 9.97. The molecule has 0 saturated carbocycles. The Morgan fingerprint density at radius 1 is 1.24 bits per heavy atom. The Kier molecular flexibility index (Phi) is 3.21. The number of para-hydroxylation sites is 1. The van der Waals surface area contributed by atoms with E-state index >= 15 is 0 Å². The van der Waals surface area contributed by atoms with Crippen LogP contribution in [-0.4, -0.2) is 31.9 Å². The molecule has 0 aliphatic carbocycles. The number of hydrogen-bond donors (Lipinski definition) is 1. The quantitative estimate of drug-likeness (QED) is 0.927. The molecule has 3 rings (SSSR count). The molecule has 21 heavy (non-hydrogen) atoms. The Morgan fingerprint density at radius 2 is 2.00 bits per heavy atom. The van der Waals surface area contributed by atoms with Crippen LogP contribution in [0, 0.1) is 0 Å². The Morgan fingerprint density at radius 3 is 2.71 bits per heavy atom. The highest BCUT2D eigenvalue weighted by Gasteiger charge is 2.31. The molecule has 1 N–H and O–H groups in total. The minimum atomic E-state index is -3.71. The maximum absolute atomic E-state index is 12.3.